The van der Waals surface area contributed by atoms with E-state index in [2.05, 4.69) is 0 Å². The van der Waals surface area contributed by atoms with Crippen LogP contribution in [0, 0.1) is 0 Å². The summed E-state index contributed by atoms with van der Waals surface area (Å²) >= 11 is 6.15. The molecule has 2 aromatic rings. The fourth-order valence-corrected chi connectivity index (χ4v) is 3.41. The van der Waals surface area contributed by atoms with Crippen LogP contribution in [0.5, 0.6) is 0 Å². The molecular weight excluding hydrogens is 326 g/mol. The molecule has 0 bridgehead atoms. The fraction of sp³-hybridized carbons (Fsp3) is 0.263. The van der Waals surface area contributed by atoms with Gasteiger partial charge in [0.1, 0.15) is 0 Å². The van der Waals surface area contributed by atoms with Gasteiger partial charge in [-0.15, -0.1) is 0 Å². The summed E-state index contributed by atoms with van der Waals surface area (Å²) in [5.74, 6) is -0.495. The van der Waals surface area contributed by atoms with Gasteiger partial charge in [0, 0.05) is 7.05 Å². The third-order valence-corrected chi connectivity index (χ3v) is 4.83. The summed E-state index contributed by atoms with van der Waals surface area (Å²) in [6, 6.07) is 12.5. The Labute approximate surface area is 146 Å². The second-order valence-corrected chi connectivity index (χ2v) is 6.26. The van der Waals surface area contributed by atoms with Crippen molar-refractivity contribution in [3.63, 3.8) is 0 Å². The highest BCUT2D eigenvalue weighted by Gasteiger charge is 2.30. The minimum absolute atomic E-state index is 0.0756. The molecule has 0 saturated heterocycles. The maximum absolute atomic E-state index is 12.8. The molecule has 0 saturated carbocycles. The van der Waals surface area contributed by atoms with E-state index < -0.39 is 0 Å². The molecule has 1 unspecified atom stereocenters. The van der Waals surface area contributed by atoms with Gasteiger partial charge in [0.15, 0.2) is 0 Å². The molecule has 0 spiro atoms. The highest BCUT2D eigenvalue weighted by Crippen LogP contribution is 2.36. The molecule has 2 aromatic carbocycles. The van der Waals surface area contributed by atoms with E-state index in [1.165, 1.54) is 7.11 Å². The van der Waals surface area contributed by atoms with Crippen molar-refractivity contribution < 1.29 is 14.3 Å². The molecule has 0 N–H and O–H groups in total. The standard InChI is InChI=1S/C19H18ClNO3/c1-21(18(22)14-5-3-4-6-16(14)20)17-10-9-12-7-8-13(11-15(12)17)19(23)24-2/h3-8,11,17H,9-10H2,1-2H3. The van der Waals surface area contributed by atoms with Gasteiger partial charge in [-0.05, 0) is 48.2 Å². The monoisotopic (exact) mass is 343 g/mol. The molecule has 0 heterocycles. The second-order valence-electron chi connectivity index (χ2n) is 5.86. The predicted molar refractivity (Wildman–Crippen MR) is 92.4 cm³/mol. The quantitative estimate of drug-likeness (QED) is 0.794. The summed E-state index contributed by atoms with van der Waals surface area (Å²) in [6.07, 6.45) is 1.70. The number of fused-ring (bicyclic) bond motifs is 1. The van der Waals surface area contributed by atoms with Crippen LogP contribution in [0.4, 0.5) is 0 Å². The largest absolute Gasteiger partial charge is 0.465 e. The van der Waals surface area contributed by atoms with E-state index in [0.717, 1.165) is 24.0 Å². The number of ether oxygens (including phenoxy) is 1. The van der Waals surface area contributed by atoms with Crippen molar-refractivity contribution in [2.45, 2.75) is 18.9 Å². The Morgan fingerprint density at radius 3 is 2.67 bits per heavy atom. The average molecular weight is 344 g/mol. The Balaban J connectivity index is 1.91. The molecular formula is C19H18ClNO3. The third-order valence-electron chi connectivity index (χ3n) is 4.51. The fourth-order valence-electron chi connectivity index (χ4n) is 3.19. The van der Waals surface area contributed by atoms with Gasteiger partial charge >= 0.3 is 5.97 Å². The molecule has 0 aliphatic heterocycles. The number of aryl methyl sites for hydroxylation is 1. The average Bonchev–Trinajstić information content (AvgIpc) is 3.03. The van der Waals surface area contributed by atoms with E-state index in [0.29, 0.717) is 16.1 Å². The highest BCUT2D eigenvalue weighted by atomic mass is 35.5. The van der Waals surface area contributed by atoms with Crippen molar-refractivity contribution in [3.05, 3.63) is 69.7 Å². The number of nitrogens with zero attached hydrogens (tertiary/aromatic N) is 1. The number of hydrogen-bond acceptors (Lipinski definition) is 3. The molecule has 24 heavy (non-hydrogen) atoms. The number of amides is 1. The van der Waals surface area contributed by atoms with Crippen molar-refractivity contribution in [2.24, 2.45) is 0 Å². The van der Waals surface area contributed by atoms with E-state index in [1.807, 2.05) is 12.1 Å². The lowest BCUT2D eigenvalue weighted by molar-refractivity contribution is 0.0600. The number of hydrogen-bond donors (Lipinski definition) is 0. The second kappa shape index (κ2) is 6.65. The number of halogens is 1. The van der Waals surface area contributed by atoms with Gasteiger partial charge in [-0.25, -0.2) is 4.79 Å². The van der Waals surface area contributed by atoms with Crippen molar-refractivity contribution in [1.82, 2.24) is 4.90 Å². The molecule has 5 heteroatoms. The van der Waals surface area contributed by atoms with Crippen LogP contribution in [0.1, 0.15) is 44.3 Å². The van der Waals surface area contributed by atoms with Gasteiger partial charge in [0.2, 0.25) is 0 Å². The lowest BCUT2D eigenvalue weighted by atomic mass is 10.0. The van der Waals surface area contributed by atoms with Crippen LogP contribution in [0.3, 0.4) is 0 Å². The van der Waals surface area contributed by atoms with Crippen LogP contribution < -0.4 is 0 Å². The smallest absolute Gasteiger partial charge is 0.337 e. The zero-order valence-corrected chi connectivity index (χ0v) is 14.3. The molecule has 4 nitrogen and oxygen atoms in total. The summed E-state index contributed by atoms with van der Waals surface area (Å²) in [4.78, 5) is 26.3. The molecule has 3 rings (SSSR count). The van der Waals surface area contributed by atoms with E-state index in [1.54, 1.807) is 42.3 Å². The molecule has 0 fully saturated rings. The highest BCUT2D eigenvalue weighted by molar-refractivity contribution is 6.33. The minimum atomic E-state index is -0.372. The zero-order chi connectivity index (χ0) is 17.3. The summed E-state index contributed by atoms with van der Waals surface area (Å²) in [6.45, 7) is 0. The Morgan fingerprint density at radius 2 is 1.96 bits per heavy atom. The number of methoxy groups -OCH3 is 1. The van der Waals surface area contributed by atoms with Crippen LogP contribution in [0.25, 0.3) is 0 Å². The number of rotatable bonds is 3. The maximum Gasteiger partial charge on any atom is 0.337 e. The van der Waals surface area contributed by atoms with E-state index in [9.17, 15) is 9.59 Å². The molecule has 124 valence electrons. The Morgan fingerprint density at radius 1 is 1.21 bits per heavy atom. The van der Waals surface area contributed by atoms with Gasteiger partial charge in [-0.1, -0.05) is 29.8 Å². The molecule has 0 aromatic heterocycles. The SMILES string of the molecule is COC(=O)c1ccc2c(c1)C(N(C)C(=O)c1ccccc1Cl)CC2. The van der Waals surface area contributed by atoms with Crippen molar-refractivity contribution in [3.8, 4) is 0 Å². The van der Waals surface area contributed by atoms with Crippen LogP contribution >= 0.6 is 11.6 Å². The summed E-state index contributed by atoms with van der Waals surface area (Å²) in [7, 11) is 3.14. The van der Waals surface area contributed by atoms with Crippen molar-refractivity contribution in [1.29, 1.82) is 0 Å². The first-order valence-electron chi connectivity index (χ1n) is 7.75. The Hall–Kier alpha value is -2.33. The van der Waals surface area contributed by atoms with Crippen LogP contribution in [0.15, 0.2) is 42.5 Å². The van der Waals surface area contributed by atoms with E-state index >= 15 is 0 Å². The molecule has 1 atom stereocenters. The lowest BCUT2D eigenvalue weighted by Gasteiger charge is -2.26. The first kappa shape index (κ1) is 16.5. The summed E-state index contributed by atoms with van der Waals surface area (Å²) in [5, 5.41) is 0.441. The zero-order valence-electron chi connectivity index (χ0n) is 13.6. The Kier molecular flexibility index (Phi) is 4.58. The van der Waals surface area contributed by atoms with Gasteiger partial charge in [-0.3, -0.25) is 4.79 Å². The predicted octanol–water partition coefficient (Wildman–Crippen LogP) is 3.89. The van der Waals surface area contributed by atoms with Gasteiger partial charge in [-0.2, -0.15) is 0 Å². The van der Waals surface area contributed by atoms with Crippen molar-refractivity contribution in [2.75, 3.05) is 14.2 Å². The molecule has 1 aliphatic rings. The molecule has 1 aliphatic carbocycles. The van der Waals surface area contributed by atoms with Crippen LogP contribution in [-0.2, 0) is 11.2 Å². The van der Waals surface area contributed by atoms with Crippen LogP contribution in [0.2, 0.25) is 5.02 Å². The molecule has 1 amide bonds. The maximum atomic E-state index is 12.8. The van der Waals surface area contributed by atoms with Gasteiger partial charge < -0.3 is 9.64 Å². The van der Waals surface area contributed by atoms with Crippen LogP contribution in [-0.4, -0.2) is 30.9 Å². The number of esters is 1. The third kappa shape index (κ3) is 2.89. The number of carbonyl (C=O) groups is 2. The first-order chi connectivity index (χ1) is 11.5. The molecule has 0 radical (unpaired) electrons. The Bertz CT molecular complexity index is 803. The summed E-state index contributed by atoms with van der Waals surface area (Å²) < 4.78 is 4.79. The van der Waals surface area contributed by atoms with E-state index in [-0.39, 0.29) is 17.9 Å². The topological polar surface area (TPSA) is 46.6 Å². The lowest BCUT2D eigenvalue weighted by Crippen LogP contribution is -2.30. The van der Waals surface area contributed by atoms with Gasteiger partial charge in [0.05, 0.1) is 29.3 Å². The first-order valence-corrected chi connectivity index (χ1v) is 8.13. The van der Waals surface area contributed by atoms with Gasteiger partial charge in [0.25, 0.3) is 5.91 Å². The summed E-state index contributed by atoms with van der Waals surface area (Å²) in [5.41, 5.74) is 3.15. The van der Waals surface area contributed by atoms with Crippen molar-refractivity contribution >= 4 is 23.5 Å². The normalized spacial score (nSPS) is 15.7. The number of benzene rings is 2. The minimum Gasteiger partial charge on any atom is -0.465 e. The van der Waals surface area contributed by atoms with E-state index in [4.69, 9.17) is 16.3 Å². The number of carbonyl (C=O) groups excluding carboxylic acids is 2.